The number of thiazole rings is 1. The van der Waals surface area contributed by atoms with Gasteiger partial charge < -0.3 is 5.73 Å². The van der Waals surface area contributed by atoms with E-state index in [2.05, 4.69) is 11.9 Å². The van der Waals surface area contributed by atoms with Crippen molar-refractivity contribution in [2.24, 2.45) is 5.73 Å². The van der Waals surface area contributed by atoms with Crippen LogP contribution in [0.3, 0.4) is 0 Å². The number of hydrogen-bond donors (Lipinski definition) is 1. The molecular formula is C8H12N2S. The second kappa shape index (κ2) is 2.29. The fraction of sp³-hybridized carbons (Fsp3) is 0.625. The fourth-order valence-electron chi connectivity index (χ4n) is 1.26. The molecule has 1 saturated carbocycles. The van der Waals surface area contributed by atoms with Crippen molar-refractivity contribution in [2.75, 3.05) is 6.54 Å². The molecule has 0 aliphatic heterocycles. The minimum Gasteiger partial charge on any atom is -0.329 e. The Balaban J connectivity index is 2.29. The smallest absolute Gasteiger partial charge is 0.100 e. The van der Waals surface area contributed by atoms with E-state index >= 15 is 0 Å². The molecule has 1 aliphatic carbocycles. The Morgan fingerprint density at radius 1 is 1.73 bits per heavy atom. The molecule has 1 aromatic heterocycles. The standard InChI is InChI=1S/C8H12N2S/c1-6-4-10-7(11-6)8(5-9)2-3-8/h4H,2-3,5,9H2,1H3. The molecule has 1 heterocycles. The predicted molar refractivity (Wildman–Crippen MR) is 46.8 cm³/mol. The van der Waals surface area contributed by atoms with Crippen LogP contribution in [0.15, 0.2) is 6.20 Å². The molecule has 0 unspecified atom stereocenters. The van der Waals surface area contributed by atoms with E-state index in [0.717, 1.165) is 6.54 Å². The van der Waals surface area contributed by atoms with Crippen molar-refractivity contribution in [1.29, 1.82) is 0 Å². The van der Waals surface area contributed by atoms with Crippen molar-refractivity contribution in [2.45, 2.75) is 25.2 Å². The first-order chi connectivity index (χ1) is 5.27. The van der Waals surface area contributed by atoms with Crippen molar-refractivity contribution in [1.82, 2.24) is 4.98 Å². The molecule has 1 fully saturated rings. The van der Waals surface area contributed by atoms with E-state index in [1.165, 1.54) is 22.7 Å². The van der Waals surface area contributed by atoms with Gasteiger partial charge in [-0.3, -0.25) is 0 Å². The summed E-state index contributed by atoms with van der Waals surface area (Å²) in [4.78, 5) is 5.65. The molecule has 11 heavy (non-hydrogen) atoms. The average Bonchev–Trinajstić information content (AvgIpc) is 2.70. The molecule has 0 spiro atoms. The van der Waals surface area contributed by atoms with Gasteiger partial charge in [-0.15, -0.1) is 11.3 Å². The van der Waals surface area contributed by atoms with Crippen LogP contribution in [0.1, 0.15) is 22.7 Å². The van der Waals surface area contributed by atoms with E-state index in [4.69, 9.17) is 5.73 Å². The second-order valence-corrected chi connectivity index (χ2v) is 4.50. The number of nitrogens with two attached hydrogens (primary N) is 1. The van der Waals surface area contributed by atoms with Crippen LogP contribution in [0.4, 0.5) is 0 Å². The summed E-state index contributed by atoms with van der Waals surface area (Å²) in [5.41, 5.74) is 5.97. The lowest BCUT2D eigenvalue weighted by molar-refractivity contribution is 0.698. The minimum atomic E-state index is 0.291. The minimum absolute atomic E-state index is 0.291. The zero-order chi connectivity index (χ0) is 7.90. The summed E-state index contributed by atoms with van der Waals surface area (Å²) in [6, 6.07) is 0. The molecule has 0 radical (unpaired) electrons. The number of aryl methyl sites for hydroxylation is 1. The highest BCUT2D eigenvalue weighted by atomic mass is 32.1. The molecule has 0 bridgehead atoms. The number of aromatic nitrogens is 1. The third-order valence-corrected chi connectivity index (χ3v) is 3.48. The van der Waals surface area contributed by atoms with Crippen molar-refractivity contribution in [3.05, 3.63) is 16.1 Å². The highest BCUT2D eigenvalue weighted by molar-refractivity contribution is 7.11. The quantitative estimate of drug-likeness (QED) is 0.725. The molecular weight excluding hydrogens is 156 g/mol. The zero-order valence-corrected chi connectivity index (χ0v) is 7.45. The van der Waals surface area contributed by atoms with Crippen LogP contribution < -0.4 is 5.73 Å². The van der Waals surface area contributed by atoms with E-state index in [9.17, 15) is 0 Å². The Kier molecular flexibility index (Phi) is 1.51. The van der Waals surface area contributed by atoms with Gasteiger partial charge in [0.05, 0.1) is 0 Å². The second-order valence-electron chi connectivity index (χ2n) is 3.26. The van der Waals surface area contributed by atoms with Crippen molar-refractivity contribution in [3.63, 3.8) is 0 Å². The number of hydrogen-bond acceptors (Lipinski definition) is 3. The summed E-state index contributed by atoms with van der Waals surface area (Å²) in [5, 5.41) is 1.25. The summed E-state index contributed by atoms with van der Waals surface area (Å²) in [5.74, 6) is 0. The topological polar surface area (TPSA) is 38.9 Å². The maximum absolute atomic E-state index is 5.68. The van der Waals surface area contributed by atoms with E-state index < -0.39 is 0 Å². The third kappa shape index (κ3) is 1.08. The Bertz CT molecular complexity index is 263. The summed E-state index contributed by atoms with van der Waals surface area (Å²) in [7, 11) is 0. The molecule has 0 saturated heterocycles. The highest BCUT2D eigenvalue weighted by Gasteiger charge is 2.45. The molecule has 2 rings (SSSR count). The molecule has 3 heteroatoms. The zero-order valence-electron chi connectivity index (χ0n) is 6.63. The maximum atomic E-state index is 5.68. The van der Waals surface area contributed by atoms with E-state index in [1.807, 2.05) is 6.20 Å². The Hall–Kier alpha value is -0.410. The molecule has 1 aromatic rings. The van der Waals surface area contributed by atoms with Crippen LogP contribution in [0, 0.1) is 6.92 Å². The van der Waals surface area contributed by atoms with Gasteiger partial charge in [-0.1, -0.05) is 0 Å². The van der Waals surface area contributed by atoms with Gasteiger partial charge in [0, 0.05) is 23.0 Å². The predicted octanol–water partition coefficient (Wildman–Crippen LogP) is 1.44. The summed E-state index contributed by atoms with van der Waals surface area (Å²) < 4.78 is 0. The van der Waals surface area contributed by atoms with Crippen molar-refractivity contribution >= 4 is 11.3 Å². The first-order valence-corrected chi connectivity index (χ1v) is 4.71. The summed E-state index contributed by atoms with van der Waals surface area (Å²) in [6.45, 7) is 2.85. The van der Waals surface area contributed by atoms with Crippen LogP contribution in [0.2, 0.25) is 0 Å². The first kappa shape index (κ1) is 7.25. The largest absolute Gasteiger partial charge is 0.329 e. The monoisotopic (exact) mass is 168 g/mol. The highest BCUT2D eigenvalue weighted by Crippen LogP contribution is 2.48. The summed E-state index contributed by atoms with van der Waals surface area (Å²) in [6.07, 6.45) is 4.41. The molecule has 1 aliphatic rings. The third-order valence-electron chi connectivity index (χ3n) is 2.32. The normalized spacial score (nSPS) is 20.2. The Morgan fingerprint density at radius 2 is 2.45 bits per heavy atom. The van der Waals surface area contributed by atoms with Crippen LogP contribution in [-0.2, 0) is 5.41 Å². The van der Waals surface area contributed by atoms with Crippen molar-refractivity contribution < 1.29 is 0 Å². The lowest BCUT2D eigenvalue weighted by Gasteiger charge is -2.05. The molecule has 2 nitrogen and oxygen atoms in total. The lowest BCUT2D eigenvalue weighted by atomic mass is 10.1. The van der Waals surface area contributed by atoms with Gasteiger partial charge in [0.1, 0.15) is 5.01 Å². The molecule has 2 N–H and O–H groups in total. The molecule has 0 amide bonds. The molecule has 60 valence electrons. The average molecular weight is 168 g/mol. The van der Waals surface area contributed by atoms with Crippen LogP contribution in [0.5, 0.6) is 0 Å². The lowest BCUT2D eigenvalue weighted by Crippen LogP contribution is -2.19. The summed E-state index contributed by atoms with van der Waals surface area (Å²) >= 11 is 1.79. The van der Waals surface area contributed by atoms with Gasteiger partial charge in [0.25, 0.3) is 0 Å². The van der Waals surface area contributed by atoms with E-state index in [0.29, 0.717) is 5.41 Å². The number of rotatable bonds is 2. The SMILES string of the molecule is Cc1cnc(C2(CN)CC2)s1. The van der Waals surface area contributed by atoms with E-state index in [1.54, 1.807) is 11.3 Å². The molecule has 0 aromatic carbocycles. The Labute approximate surface area is 70.5 Å². The van der Waals surface area contributed by atoms with Crippen molar-refractivity contribution in [3.8, 4) is 0 Å². The Morgan fingerprint density at radius 3 is 2.82 bits per heavy atom. The van der Waals surface area contributed by atoms with Gasteiger partial charge >= 0.3 is 0 Å². The van der Waals surface area contributed by atoms with Crippen LogP contribution >= 0.6 is 11.3 Å². The van der Waals surface area contributed by atoms with Gasteiger partial charge in [0.15, 0.2) is 0 Å². The molecule has 0 atom stereocenters. The van der Waals surface area contributed by atoms with Gasteiger partial charge in [-0.2, -0.15) is 0 Å². The van der Waals surface area contributed by atoms with Gasteiger partial charge in [0.2, 0.25) is 0 Å². The van der Waals surface area contributed by atoms with E-state index in [-0.39, 0.29) is 0 Å². The number of nitrogens with zero attached hydrogens (tertiary/aromatic N) is 1. The van der Waals surface area contributed by atoms with Crippen LogP contribution in [-0.4, -0.2) is 11.5 Å². The van der Waals surface area contributed by atoms with Crippen LogP contribution in [0.25, 0.3) is 0 Å². The fourth-order valence-corrected chi connectivity index (χ4v) is 2.28. The van der Waals surface area contributed by atoms with Gasteiger partial charge in [-0.25, -0.2) is 4.98 Å². The first-order valence-electron chi connectivity index (χ1n) is 3.90. The maximum Gasteiger partial charge on any atom is 0.100 e. The van der Waals surface area contributed by atoms with Gasteiger partial charge in [-0.05, 0) is 19.8 Å².